The molecule has 0 bridgehead atoms. The van der Waals surface area contributed by atoms with Crippen molar-refractivity contribution in [3.05, 3.63) is 54.3 Å². The van der Waals surface area contributed by atoms with E-state index in [0.717, 1.165) is 34.1 Å². The first-order valence-electron chi connectivity index (χ1n) is 8.20. The molecular weight excluding hydrogens is 300 g/mol. The third kappa shape index (κ3) is 2.64. The average Bonchev–Trinajstić information content (AvgIpc) is 3.00. The molecule has 0 unspecified atom stereocenters. The summed E-state index contributed by atoms with van der Waals surface area (Å²) in [5, 5.41) is 7.56. The van der Waals surface area contributed by atoms with Crippen LogP contribution in [-0.2, 0) is 0 Å². The Labute approximate surface area is 140 Å². The molecule has 0 aliphatic heterocycles. The van der Waals surface area contributed by atoms with Gasteiger partial charge in [0.05, 0.1) is 17.6 Å². The zero-order chi connectivity index (χ0) is 16.7. The fourth-order valence-corrected chi connectivity index (χ4v) is 3.15. The molecule has 0 amide bonds. The SMILES string of the molecule is C=C(c1ccn2nccc2n1)c1cnc(NC2CC(C)C2)nc1C. The Morgan fingerprint density at radius 1 is 1.29 bits per heavy atom. The maximum atomic E-state index is 4.59. The van der Waals surface area contributed by atoms with E-state index in [2.05, 4.69) is 38.9 Å². The Balaban J connectivity index is 1.57. The lowest BCUT2D eigenvalue weighted by Crippen LogP contribution is -2.34. The number of hydrogen-bond acceptors (Lipinski definition) is 5. The lowest BCUT2D eigenvalue weighted by atomic mass is 9.82. The van der Waals surface area contributed by atoms with Crippen LogP contribution in [0.2, 0.25) is 0 Å². The highest BCUT2D eigenvalue weighted by Crippen LogP contribution is 2.29. The lowest BCUT2D eigenvalue weighted by molar-refractivity contribution is 0.308. The Bertz CT molecular complexity index is 907. The third-order valence-corrected chi connectivity index (χ3v) is 4.58. The highest BCUT2D eigenvalue weighted by molar-refractivity contribution is 5.77. The minimum Gasteiger partial charge on any atom is -0.351 e. The minimum atomic E-state index is 0.499. The van der Waals surface area contributed by atoms with Gasteiger partial charge in [0.2, 0.25) is 5.95 Å². The van der Waals surface area contributed by atoms with Gasteiger partial charge in [-0.2, -0.15) is 5.10 Å². The largest absolute Gasteiger partial charge is 0.351 e. The van der Waals surface area contributed by atoms with Crippen LogP contribution in [0.15, 0.2) is 37.3 Å². The molecule has 1 aliphatic rings. The molecule has 1 aliphatic carbocycles. The molecule has 4 rings (SSSR count). The molecule has 6 nitrogen and oxygen atoms in total. The molecule has 24 heavy (non-hydrogen) atoms. The van der Waals surface area contributed by atoms with Gasteiger partial charge < -0.3 is 5.32 Å². The van der Waals surface area contributed by atoms with Crippen LogP contribution in [0.25, 0.3) is 11.2 Å². The van der Waals surface area contributed by atoms with Crippen LogP contribution >= 0.6 is 0 Å². The molecule has 6 heteroatoms. The smallest absolute Gasteiger partial charge is 0.223 e. The first-order valence-corrected chi connectivity index (χ1v) is 8.20. The number of anilines is 1. The Morgan fingerprint density at radius 2 is 2.12 bits per heavy atom. The predicted molar refractivity (Wildman–Crippen MR) is 93.7 cm³/mol. The highest BCUT2D eigenvalue weighted by atomic mass is 15.2. The number of nitrogens with one attached hydrogen (secondary N) is 1. The summed E-state index contributed by atoms with van der Waals surface area (Å²) in [5.41, 5.74) is 4.24. The van der Waals surface area contributed by atoms with Gasteiger partial charge in [0.25, 0.3) is 0 Å². The summed E-state index contributed by atoms with van der Waals surface area (Å²) in [6.07, 6.45) is 7.81. The number of rotatable bonds is 4. The summed E-state index contributed by atoms with van der Waals surface area (Å²) in [4.78, 5) is 13.6. The predicted octanol–water partition coefficient (Wildman–Crippen LogP) is 3.10. The highest BCUT2D eigenvalue weighted by Gasteiger charge is 2.25. The van der Waals surface area contributed by atoms with E-state index >= 15 is 0 Å². The molecule has 0 spiro atoms. The van der Waals surface area contributed by atoms with E-state index < -0.39 is 0 Å². The molecule has 0 atom stereocenters. The molecule has 3 aromatic rings. The van der Waals surface area contributed by atoms with Gasteiger partial charge in [-0.15, -0.1) is 0 Å². The first-order chi connectivity index (χ1) is 11.6. The van der Waals surface area contributed by atoms with Crippen LogP contribution in [0.1, 0.15) is 36.7 Å². The molecule has 3 heterocycles. The molecule has 0 aromatic carbocycles. The molecule has 1 saturated carbocycles. The van der Waals surface area contributed by atoms with Crippen molar-refractivity contribution in [1.82, 2.24) is 24.6 Å². The quantitative estimate of drug-likeness (QED) is 0.800. The van der Waals surface area contributed by atoms with Crippen LogP contribution < -0.4 is 5.32 Å². The number of hydrogen-bond donors (Lipinski definition) is 1. The summed E-state index contributed by atoms with van der Waals surface area (Å²) < 4.78 is 1.73. The fourth-order valence-electron chi connectivity index (χ4n) is 3.15. The van der Waals surface area contributed by atoms with Gasteiger partial charge in [-0.05, 0) is 31.7 Å². The lowest BCUT2D eigenvalue weighted by Gasteiger charge is -2.33. The van der Waals surface area contributed by atoms with Crippen molar-refractivity contribution in [2.24, 2.45) is 5.92 Å². The fraction of sp³-hybridized carbons (Fsp3) is 0.333. The van der Waals surface area contributed by atoms with Crippen LogP contribution in [0, 0.1) is 12.8 Å². The van der Waals surface area contributed by atoms with Gasteiger partial charge in [0.15, 0.2) is 5.65 Å². The number of aromatic nitrogens is 5. The van der Waals surface area contributed by atoms with Gasteiger partial charge in [-0.1, -0.05) is 13.5 Å². The van der Waals surface area contributed by atoms with E-state index in [-0.39, 0.29) is 0 Å². The van der Waals surface area contributed by atoms with E-state index in [4.69, 9.17) is 0 Å². The van der Waals surface area contributed by atoms with Crippen molar-refractivity contribution in [1.29, 1.82) is 0 Å². The maximum Gasteiger partial charge on any atom is 0.223 e. The van der Waals surface area contributed by atoms with E-state index in [0.29, 0.717) is 12.0 Å². The Kier molecular flexibility index (Phi) is 3.52. The maximum absolute atomic E-state index is 4.59. The van der Waals surface area contributed by atoms with Gasteiger partial charge in [0, 0.05) is 35.6 Å². The van der Waals surface area contributed by atoms with Gasteiger partial charge >= 0.3 is 0 Å². The summed E-state index contributed by atoms with van der Waals surface area (Å²) in [6, 6.07) is 4.27. The van der Waals surface area contributed by atoms with Gasteiger partial charge in [0.1, 0.15) is 0 Å². The van der Waals surface area contributed by atoms with Crippen LogP contribution in [0.3, 0.4) is 0 Å². The summed E-state index contributed by atoms with van der Waals surface area (Å²) in [6.45, 7) is 8.43. The van der Waals surface area contributed by atoms with E-state index in [1.807, 2.05) is 31.5 Å². The van der Waals surface area contributed by atoms with E-state index in [9.17, 15) is 0 Å². The first kappa shape index (κ1) is 14.8. The topological polar surface area (TPSA) is 68.0 Å². The molecule has 1 N–H and O–H groups in total. The van der Waals surface area contributed by atoms with E-state index in [1.54, 1.807) is 10.7 Å². The van der Waals surface area contributed by atoms with Crippen molar-refractivity contribution in [2.75, 3.05) is 5.32 Å². The van der Waals surface area contributed by atoms with Gasteiger partial charge in [-0.25, -0.2) is 19.5 Å². The third-order valence-electron chi connectivity index (χ3n) is 4.58. The summed E-state index contributed by atoms with van der Waals surface area (Å²) >= 11 is 0. The van der Waals surface area contributed by atoms with Gasteiger partial charge in [-0.3, -0.25) is 0 Å². The van der Waals surface area contributed by atoms with E-state index in [1.165, 1.54) is 12.8 Å². The van der Waals surface area contributed by atoms with Crippen LogP contribution in [0.4, 0.5) is 5.95 Å². The van der Waals surface area contributed by atoms with Crippen LogP contribution in [-0.4, -0.2) is 30.6 Å². The zero-order valence-electron chi connectivity index (χ0n) is 13.9. The summed E-state index contributed by atoms with van der Waals surface area (Å²) in [7, 11) is 0. The number of fused-ring (bicyclic) bond motifs is 1. The Morgan fingerprint density at radius 3 is 2.88 bits per heavy atom. The van der Waals surface area contributed by atoms with Crippen molar-refractivity contribution in [3.8, 4) is 0 Å². The molecule has 3 aromatic heterocycles. The monoisotopic (exact) mass is 320 g/mol. The second-order valence-corrected chi connectivity index (χ2v) is 6.54. The summed E-state index contributed by atoms with van der Waals surface area (Å²) in [5.74, 6) is 1.49. The minimum absolute atomic E-state index is 0.499. The number of nitrogens with zero attached hydrogens (tertiary/aromatic N) is 5. The average molecular weight is 320 g/mol. The molecule has 122 valence electrons. The second kappa shape index (κ2) is 5.70. The number of aryl methyl sites for hydroxylation is 1. The zero-order valence-corrected chi connectivity index (χ0v) is 13.9. The van der Waals surface area contributed by atoms with Crippen LogP contribution in [0.5, 0.6) is 0 Å². The molecular formula is C18H20N6. The second-order valence-electron chi connectivity index (χ2n) is 6.54. The van der Waals surface area contributed by atoms with Crippen molar-refractivity contribution in [3.63, 3.8) is 0 Å². The van der Waals surface area contributed by atoms with Crippen molar-refractivity contribution >= 4 is 17.2 Å². The Hall–Kier alpha value is -2.76. The molecule has 0 saturated heterocycles. The normalized spacial score (nSPS) is 19.9. The molecule has 0 radical (unpaired) electrons. The standard InChI is InChI=1S/C18H20N6/c1-11-8-14(9-11)22-18-19-10-15(13(3)21-18)12(2)16-5-7-24-17(23-16)4-6-20-24/h4-7,10-11,14H,2,8-9H2,1,3H3,(H,19,21,22). The van der Waals surface area contributed by atoms with Crippen molar-refractivity contribution in [2.45, 2.75) is 32.7 Å². The molecule has 1 fully saturated rings. The van der Waals surface area contributed by atoms with Crippen molar-refractivity contribution < 1.29 is 0 Å².